The predicted molar refractivity (Wildman–Crippen MR) is 87.4 cm³/mol. The zero-order chi connectivity index (χ0) is 15.6. The van der Waals surface area contributed by atoms with Crippen molar-refractivity contribution < 1.29 is 9.21 Å². The van der Waals surface area contributed by atoms with E-state index in [9.17, 15) is 4.79 Å². The van der Waals surface area contributed by atoms with E-state index >= 15 is 0 Å². The van der Waals surface area contributed by atoms with Gasteiger partial charge in [0.25, 0.3) is 0 Å². The molecule has 0 radical (unpaired) electrons. The van der Waals surface area contributed by atoms with E-state index in [1.54, 1.807) is 6.26 Å². The van der Waals surface area contributed by atoms with Gasteiger partial charge in [-0.3, -0.25) is 9.69 Å². The molecule has 4 nitrogen and oxygen atoms in total. The van der Waals surface area contributed by atoms with Gasteiger partial charge >= 0.3 is 0 Å². The zero-order valence-electron chi connectivity index (χ0n) is 13.3. The lowest BCUT2D eigenvalue weighted by Gasteiger charge is -2.33. The third kappa shape index (κ3) is 3.04. The van der Waals surface area contributed by atoms with Gasteiger partial charge in [-0.2, -0.15) is 0 Å². The van der Waals surface area contributed by atoms with Gasteiger partial charge in [0.2, 0.25) is 5.91 Å². The Labute approximate surface area is 136 Å². The third-order valence-corrected chi connectivity index (χ3v) is 4.97. The van der Waals surface area contributed by atoms with Crippen LogP contribution in [0, 0.1) is 5.92 Å². The summed E-state index contributed by atoms with van der Waals surface area (Å²) in [6.45, 7) is 4.22. The third-order valence-electron chi connectivity index (χ3n) is 4.97. The Morgan fingerprint density at radius 3 is 2.61 bits per heavy atom. The smallest absolute Gasteiger partial charge is 0.227 e. The van der Waals surface area contributed by atoms with Crippen molar-refractivity contribution in [1.82, 2.24) is 9.80 Å². The molecule has 120 valence electrons. The summed E-state index contributed by atoms with van der Waals surface area (Å²) in [6.07, 6.45) is 3.79. The first kappa shape index (κ1) is 14.5. The Morgan fingerprint density at radius 2 is 1.91 bits per heavy atom. The van der Waals surface area contributed by atoms with Gasteiger partial charge in [0.1, 0.15) is 5.76 Å². The highest BCUT2D eigenvalue weighted by Gasteiger charge is 2.32. The summed E-state index contributed by atoms with van der Waals surface area (Å²) < 4.78 is 5.44. The standard InChI is InChI=1S/C19H22N2O2/c22-19(21-12-15-5-1-2-6-16(15)13-21)17-7-3-9-20(11-17)14-18-8-4-10-23-18/h1-2,4-6,8,10,17H,3,7,9,11-14H2/t17-/m1/s1. The summed E-state index contributed by atoms with van der Waals surface area (Å²) in [6, 6.07) is 12.3. The van der Waals surface area contributed by atoms with Crippen LogP contribution in [0.4, 0.5) is 0 Å². The number of nitrogens with zero attached hydrogens (tertiary/aromatic N) is 2. The molecule has 0 spiro atoms. The van der Waals surface area contributed by atoms with Gasteiger partial charge in [-0.15, -0.1) is 0 Å². The van der Waals surface area contributed by atoms with Gasteiger partial charge in [0.05, 0.1) is 18.7 Å². The Balaban J connectivity index is 1.39. The van der Waals surface area contributed by atoms with Crippen LogP contribution >= 0.6 is 0 Å². The monoisotopic (exact) mass is 310 g/mol. The minimum atomic E-state index is 0.119. The Kier molecular flexibility index (Phi) is 3.92. The summed E-state index contributed by atoms with van der Waals surface area (Å²) >= 11 is 0. The van der Waals surface area contributed by atoms with Crippen molar-refractivity contribution in [3.05, 3.63) is 59.5 Å². The molecule has 2 aromatic rings. The number of likely N-dealkylation sites (tertiary alicyclic amines) is 1. The number of fused-ring (bicyclic) bond motifs is 1. The van der Waals surface area contributed by atoms with Crippen LogP contribution in [0.25, 0.3) is 0 Å². The first-order valence-electron chi connectivity index (χ1n) is 8.40. The number of hydrogen-bond acceptors (Lipinski definition) is 3. The number of carbonyl (C=O) groups excluding carboxylic acids is 1. The number of carbonyl (C=O) groups is 1. The van der Waals surface area contributed by atoms with Gasteiger partial charge in [0, 0.05) is 19.6 Å². The highest BCUT2D eigenvalue weighted by atomic mass is 16.3. The molecular weight excluding hydrogens is 288 g/mol. The molecule has 1 aromatic heterocycles. The highest BCUT2D eigenvalue weighted by molar-refractivity contribution is 5.79. The number of benzene rings is 1. The average Bonchev–Trinajstić information content (AvgIpc) is 3.23. The first-order chi connectivity index (χ1) is 11.3. The SMILES string of the molecule is O=C([C@@H]1CCCN(Cc2ccco2)C1)N1Cc2ccccc2C1. The second kappa shape index (κ2) is 6.20. The van der Waals surface area contributed by atoms with Gasteiger partial charge in [-0.1, -0.05) is 24.3 Å². The number of hydrogen-bond donors (Lipinski definition) is 0. The molecule has 1 saturated heterocycles. The topological polar surface area (TPSA) is 36.7 Å². The van der Waals surface area contributed by atoms with Crippen molar-refractivity contribution in [2.45, 2.75) is 32.5 Å². The van der Waals surface area contributed by atoms with Crippen molar-refractivity contribution in [2.24, 2.45) is 5.92 Å². The summed E-state index contributed by atoms with van der Waals surface area (Å²) in [7, 11) is 0. The van der Waals surface area contributed by atoms with Gasteiger partial charge in [-0.05, 0) is 42.6 Å². The molecule has 1 aromatic carbocycles. The number of rotatable bonds is 3. The van der Waals surface area contributed by atoms with E-state index in [-0.39, 0.29) is 5.92 Å². The fraction of sp³-hybridized carbons (Fsp3) is 0.421. The molecule has 0 unspecified atom stereocenters. The van der Waals surface area contributed by atoms with Crippen LogP contribution in [0.5, 0.6) is 0 Å². The lowest BCUT2D eigenvalue weighted by molar-refractivity contribution is -0.138. The quantitative estimate of drug-likeness (QED) is 0.874. The highest BCUT2D eigenvalue weighted by Crippen LogP contribution is 2.27. The van der Waals surface area contributed by atoms with Crippen LogP contribution in [-0.2, 0) is 24.4 Å². The molecule has 4 rings (SSSR count). The van der Waals surface area contributed by atoms with Crippen LogP contribution in [0.1, 0.15) is 29.7 Å². The van der Waals surface area contributed by atoms with E-state index in [4.69, 9.17) is 4.42 Å². The molecule has 23 heavy (non-hydrogen) atoms. The van der Waals surface area contributed by atoms with Crippen LogP contribution < -0.4 is 0 Å². The van der Waals surface area contributed by atoms with E-state index in [0.717, 1.165) is 51.3 Å². The lowest BCUT2D eigenvalue weighted by atomic mass is 9.96. The summed E-state index contributed by atoms with van der Waals surface area (Å²) in [5.41, 5.74) is 2.59. The maximum Gasteiger partial charge on any atom is 0.227 e. The number of amides is 1. The van der Waals surface area contributed by atoms with Crippen molar-refractivity contribution in [2.75, 3.05) is 13.1 Å². The van der Waals surface area contributed by atoms with Crippen molar-refractivity contribution in [3.63, 3.8) is 0 Å². The minimum Gasteiger partial charge on any atom is -0.468 e. The normalized spacial score (nSPS) is 21.4. The maximum atomic E-state index is 12.9. The maximum absolute atomic E-state index is 12.9. The van der Waals surface area contributed by atoms with Gasteiger partial charge < -0.3 is 9.32 Å². The Morgan fingerprint density at radius 1 is 1.13 bits per heavy atom. The van der Waals surface area contributed by atoms with Crippen molar-refractivity contribution in [1.29, 1.82) is 0 Å². The van der Waals surface area contributed by atoms with Gasteiger partial charge in [0.15, 0.2) is 0 Å². The van der Waals surface area contributed by atoms with Gasteiger partial charge in [-0.25, -0.2) is 0 Å². The molecule has 0 N–H and O–H groups in total. The fourth-order valence-electron chi connectivity index (χ4n) is 3.77. The van der Waals surface area contributed by atoms with Crippen molar-refractivity contribution in [3.8, 4) is 0 Å². The number of piperidine rings is 1. The molecule has 2 aliphatic rings. The van der Waals surface area contributed by atoms with E-state index < -0.39 is 0 Å². The minimum absolute atomic E-state index is 0.119. The summed E-state index contributed by atoms with van der Waals surface area (Å²) in [4.78, 5) is 17.3. The Hall–Kier alpha value is -2.07. The molecule has 1 atom stereocenters. The van der Waals surface area contributed by atoms with E-state index in [2.05, 4.69) is 29.2 Å². The summed E-state index contributed by atoms with van der Waals surface area (Å²) in [5.74, 6) is 1.41. The first-order valence-corrected chi connectivity index (χ1v) is 8.40. The molecular formula is C19H22N2O2. The van der Waals surface area contributed by atoms with Crippen molar-refractivity contribution >= 4 is 5.91 Å². The fourth-order valence-corrected chi connectivity index (χ4v) is 3.77. The van der Waals surface area contributed by atoms with Crippen LogP contribution in [-0.4, -0.2) is 28.8 Å². The molecule has 4 heteroatoms. The lowest BCUT2D eigenvalue weighted by Crippen LogP contribution is -2.43. The predicted octanol–water partition coefficient (Wildman–Crippen LogP) is 3.03. The Bertz CT molecular complexity index is 655. The van der Waals surface area contributed by atoms with Crippen LogP contribution in [0.3, 0.4) is 0 Å². The molecule has 2 aliphatic heterocycles. The average molecular weight is 310 g/mol. The molecule has 0 bridgehead atoms. The van der Waals surface area contributed by atoms with E-state index in [1.165, 1.54) is 11.1 Å². The second-order valence-electron chi connectivity index (χ2n) is 6.62. The summed E-state index contributed by atoms with van der Waals surface area (Å²) in [5, 5.41) is 0. The second-order valence-corrected chi connectivity index (χ2v) is 6.62. The van der Waals surface area contributed by atoms with E-state index in [0.29, 0.717) is 5.91 Å². The molecule has 0 saturated carbocycles. The molecule has 1 fully saturated rings. The van der Waals surface area contributed by atoms with Crippen LogP contribution in [0.2, 0.25) is 0 Å². The molecule has 1 amide bonds. The largest absolute Gasteiger partial charge is 0.468 e. The van der Waals surface area contributed by atoms with E-state index in [1.807, 2.05) is 17.0 Å². The number of furan rings is 1. The van der Waals surface area contributed by atoms with Crippen LogP contribution in [0.15, 0.2) is 47.1 Å². The molecule has 0 aliphatic carbocycles. The molecule has 3 heterocycles. The zero-order valence-corrected chi connectivity index (χ0v) is 13.3.